The molecule has 0 atom stereocenters. The molecule has 0 bridgehead atoms. The molecule has 2 heteroatoms. The van der Waals surface area contributed by atoms with Gasteiger partial charge < -0.3 is 0 Å². The van der Waals surface area contributed by atoms with Crippen molar-refractivity contribution in [1.82, 2.24) is 0 Å². The largest absolute Gasteiger partial charge is 0.215 e. The molecule has 0 unspecified atom stereocenters. The van der Waals surface area contributed by atoms with Gasteiger partial charge in [0.05, 0.1) is 0 Å². The summed E-state index contributed by atoms with van der Waals surface area (Å²) in [5.74, 6) is 0. The Kier molecular flexibility index (Phi) is 5.55. The molecule has 15 heavy (non-hydrogen) atoms. The highest BCUT2D eigenvalue weighted by atomic mass is 16.5. The average molecular weight is 210 g/mol. The number of nitrogens with two attached hydrogens (primary N) is 1. The van der Waals surface area contributed by atoms with Crippen LogP contribution in [0.2, 0.25) is 0 Å². The predicted molar refractivity (Wildman–Crippen MR) is 64.6 cm³/mol. The second-order valence-electron chi connectivity index (χ2n) is 4.47. The molecule has 0 radical (unpaired) electrons. The lowest BCUT2D eigenvalue weighted by molar-refractivity contribution is -0.826. The highest BCUT2D eigenvalue weighted by Gasteiger charge is 2.19. The van der Waals surface area contributed by atoms with Crippen molar-refractivity contribution >= 4 is 5.69 Å². The quantitative estimate of drug-likeness (QED) is 0.543. The molecule has 0 amide bonds. The lowest BCUT2D eigenvalue weighted by atomic mass is 9.85. The Morgan fingerprint density at radius 1 is 1.13 bits per heavy atom. The van der Waals surface area contributed by atoms with E-state index < -0.39 is 0 Å². The summed E-state index contributed by atoms with van der Waals surface area (Å²) < 4.78 is 0. The van der Waals surface area contributed by atoms with E-state index in [2.05, 4.69) is 32.9 Å². The van der Waals surface area contributed by atoms with Gasteiger partial charge in [0, 0.05) is 11.6 Å². The Balaban J connectivity index is 0.000000921. The van der Waals surface area contributed by atoms with E-state index >= 15 is 0 Å². The minimum Gasteiger partial charge on any atom is -0.215 e. The summed E-state index contributed by atoms with van der Waals surface area (Å²) in [5.41, 5.74) is 4.55. The molecule has 1 aromatic carbocycles. The SMILES string of the molecule is CC.Cc1ccc(C(C)(C)C)c([NH2+]O)c1. The van der Waals surface area contributed by atoms with Crippen molar-refractivity contribution < 1.29 is 10.7 Å². The zero-order chi connectivity index (χ0) is 12.1. The van der Waals surface area contributed by atoms with Gasteiger partial charge in [-0.15, -0.1) is 0 Å². The van der Waals surface area contributed by atoms with Crippen LogP contribution < -0.4 is 5.48 Å². The fraction of sp³-hybridized carbons (Fsp3) is 0.538. The second-order valence-corrected chi connectivity index (χ2v) is 4.47. The molecule has 0 fully saturated rings. The van der Waals surface area contributed by atoms with E-state index in [1.807, 2.05) is 26.8 Å². The molecule has 0 saturated carbocycles. The van der Waals surface area contributed by atoms with Crippen molar-refractivity contribution in [3.63, 3.8) is 0 Å². The first-order chi connectivity index (χ1) is 6.95. The summed E-state index contributed by atoms with van der Waals surface area (Å²) in [7, 11) is 0. The number of aryl methyl sites for hydroxylation is 1. The van der Waals surface area contributed by atoms with Crippen molar-refractivity contribution in [2.24, 2.45) is 0 Å². The Hall–Kier alpha value is -0.860. The van der Waals surface area contributed by atoms with Crippen LogP contribution in [-0.2, 0) is 5.41 Å². The summed E-state index contributed by atoms with van der Waals surface area (Å²) in [6.07, 6.45) is 0. The molecule has 0 spiro atoms. The molecule has 0 saturated heterocycles. The van der Waals surface area contributed by atoms with Gasteiger partial charge in [-0.25, -0.2) is 5.21 Å². The maximum absolute atomic E-state index is 9.08. The van der Waals surface area contributed by atoms with Crippen LogP contribution >= 0.6 is 0 Å². The molecule has 1 aromatic rings. The van der Waals surface area contributed by atoms with Crippen LogP contribution in [0.4, 0.5) is 5.69 Å². The van der Waals surface area contributed by atoms with E-state index in [1.165, 1.54) is 16.6 Å². The summed E-state index contributed by atoms with van der Waals surface area (Å²) in [6.45, 7) is 12.5. The highest BCUT2D eigenvalue weighted by molar-refractivity contribution is 5.45. The van der Waals surface area contributed by atoms with E-state index in [1.54, 1.807) is 0 Å². The number of hydrogen-bond donors (Lipinski definition) is 2. The molecule has 0 aliphatic carbocycles. The van der Waals surface area contributed by atoms with E-state index in [4.69, 9.17) is 5.21 Å². The van der Waals surface area contributed by atoms with Crippen molar-refractivity contribution in [3.05, 3.63) is 29.3 Å². The first kappa shape index (κ1) is 14.1. The van der Waals surface area contributed by atoms with Crippen LogP contribution in [0.3, 0.4) is 0 Å². The van der Waals surface area contributed by atoms with Crippen molar-refractivity contribution in [2.75, 3.05) is 0 Å². The van der Waals surface area contributed by atoms with Crippen molar-refractivity contribution in [3.8, 4) is 0 Å². The minimum atomic E-state index is 0.0856. The third-order valence-corrected chi connectivity index (χ3v) is 2.15. The zero-order valence-corrected chi connectivity index (χ0v) is 10.8. The normalized spacial score (nSPS) is 10.6. The Labute approximate surface area is 93.3 Å². The van der Waals surface area contributed by atoms with Gasteiger partial charge in [-0.05, 0) is 17.9 Å². The zero-order valence-electron chi connectivity index (χ0n) is 10.8. The summed E-state index contributed by atoms with van der Waals surface area (Å²) in [5, 5.41) is 9.08. The smallest absolute Gasteiger partial charge is 0.165 e. The van der Waals surface area contributed by atoms with E-state index in [0.29, 0.717) is 0 Å². The number of hydrogen-bond acceptors (Lipinski definition) is 1. The van der Waals surface area contributed by atoms with Gasteiger partial charge in [0.2, 0.25) is 0 Å². The Bertz CT molecular complexity index is 300. The van der Waals surface area contributed by atoms with Gasteiger partial charge in [0.25, 0.3) is 0 Å². The van der Waals surface area contributed by atoms with Crippen LogP contribution in [-0.4, -0.2) is 5.21 Å². The van der Waals surface area contributed by atoms with Crippen LogP contribution in [0.15, 0.2) is 18.2 Å². The number of rotatable bonds is 1. The summed E-state index contributed by atoms with van der Waals surface area (Å²) in [4.78, 5) is 0. The standard InChI is InChI=1S/C11H17NO.C2H6/c1-8-5-6-9(11(2,3)4)10(7-8)12-13;1-2/h5-7,12-13H,1-4H3;1-2H3/p+1. The minimum absolute atomic E-state index is 0.0856. The molecular weight excluding hydrogens is 186 g/mol. The first-order valence-corrected chi connectivity index (χ1v) is 5.53. The van der Waals surface area contributed by atoms with Gasteiger partial charge in [0.15, 0.2) is 5.69 Å². The molecule has 0 heterocycles. The average Bonchev–Trinajstić information content (AvgIpc) is 2.18. The van der Waals surface area contributed by atoms with Gasteiger partial charge in [-0.1, -0.05) is 46.8 Å². The summed E-state index contributed by atoms with van der Waals surface area (Å²) >= 11 is 0. The molecule has 0 aliphatic heterocycles. The number of benzene rings is 1. The topological polar surface area (TPSA) is 36.8 Å². The van der Waals surface area contributed by atoms with Crippen molar-refractivity contribution in [1.29, 1.82) is 0 Å². The van der Waals surface area contributed by atoms with Crippen LogP contribution in [0, 0.1) is 6.92 Å². The molecule has 0 aromatic heterocycles. The van der Waals surface area contributed by atoms with E-state index in [9.17, 15) is 0 Å². The lowest BCUT2D eigenvalue weighted by Gasteiger charge is -2.19. The third kappa shape index (κ3) is 4.02. The first-order valence-electron chi connectivity index (χ1n) is 5.53. The predicted octanol–water partition coefficient (Wildman–Crippen LogP) is 2.90. The monoisotopic (exact) mass is 210 g/mol. The van der Waals surface area contributed by atoms with E-state index in [-0.39, 0.29) is 5.41 Å². The Morgan fingerprint density at radius 2 is 1.67 bits per heavy atom. The lowest BCUT2D eigenvalue weighted by Crippen LogP contribution is -2.74. The molecule has 0 aliphatic rings. The van der Waals surface area contributed by atoms with Crippen LogP contribution in [0.25, 0.3) is 0 Å². The van der Waals surface area contributed by atoms with Gasteiger partial charge in [-0.3, -0.25) is 0 Å². The molecule has 3 N–H and O–H groups in total. The third-order valence-electron chi connectivity index (χ3n) is 2.15. The van der Waals surface area contributed by atoms with Crippen LogP contribution in [0.1, 0.15) is 45.7 Å². The fourth-order valence-corrected chi connectivity index (χ4v) is 1.47. The fourth-order valence-electron chi connectivity index (χ4n) is 1.47. The van der Waals surface area contributed by atoms with Gasteiger partial charge in [-0.2, -0.15) is 5.48 Å². The van der Waals surface area contributed by atoms with E-state index in [0.717, 1.165) is 5.69 Å². The maximum atomic E-state index is 9.08. The molecule has 1 rings (SSSR count). The Morgan fingerprint density at radius 3 is 2.07 bits per heavy atom. The molecule has 2 nitrogen and oxygen atoms in total. The second kappa shape index (κ2) is 5.89. The molecule has 86 valence electrons. The van der Waals surface area contributed by atoms with Crippen LogP contribution in [0.5, 0.6) is 0 Å². The highest BCUT2D eigenvalue weighted by Crippen LogP contribution is 2.27. The molecular formula is C13H24NO+. The van der Waals surface area contributed by atoms with Gasteiger partial charge >= 0.3 is 0 Å². The maximum Gasteiger partial charge on any atom is 0.165 e. The van der Waals surface area contributed by atoms with Crippen molar-refractivity contribution in [2.45, 2.75) is 47.0 Å². The summed E-state index contributed by atoms with van der Waals surface area (Å²) in [6, 6.07) is 6.16. The number of quaternary nitrogens is 1. The van der Waals surface area contributed by atoms with Gasteiger partial charge in [0.1, 0.15) is 0 Å².